The highest BCUT2D eigenvalue weighted by molar-refractivity contribution is 5.79. The molecular formula is C26H40N2O5. The van der Waals surface area contributed by atoms with Crippen LogP contribution in [0.2, 0.25) is 0 Å². The van der Waals surface area contributed by atoms with E-state index in [0.717, 1.165) is 25.7 Å². The number of nitrogens with one attached hydrogen (secondary N) is 2. The summed E-state index contributed by atoms with van der Waals surface area (Å²) in [4.78, 5) is 25.2. The Morgan fingerprint density at radius 2 is 1.91 bits per heavy atom. The highest BCUT2D eigenvalue weighted by Gasteiger charge is 2.53. The van der Waals surface area contributed by atoms with Gasteiger partial charge in [0.25, 0.3) is 5.91 Å². The van der Waals surface area contributed by atoms with Crippen molar-refractivity contribution in [3.63, 3.8) is 0 Å². The van der Waals surface area contributed by atoms with E-state index in [9.17, 15) is 14.7 Å². The molecule has 0 radical (unpaired) electrons. The minimum absolute atomic E-state index is 0.0172. The van der Waals surface area contributed by atoms with Crippen molar-refractivity contribution in [2.45, 2.75) is 58.6 Å². The SMILES string of the molecule is COCCNC(=O)[C@@H](C)[C@H]1CC[C@@]2(C)CC[C@H](NC(=O)COc3ccccc3)[C@@H](C)[C@@H]2[C@H]1O. The summed E-state index contributed by atoms with van der Waals surface area (Å²) < 4.78 is 10.6. The molecule has 7 heteroatoms. The Morgan fingerprint density at radius 1 is 1.21 bits per heavy atom. The topological polar surface area (TPSA) is 96.9 Å². The van der Waals surface area contributed by atoms with Gasteiger partial charge in [-0.15, -0.1) is 0 Å². The molecule has 7 nitrogen and oxygen atoms in total. The number of ether oxygens (including phenoxy) is 2. The van der Waals surface area contributed by atoms with Gasteiger partial charge < -0.3 is 25.2 Å². The predicted octanol–water partition coefficient (Wildman–Crippen LogP) is 2.77. The monoisotopic (exact) mass is 460 g/mol. The average Bonchev–Trinajstić information content (AvgIpc) is 2.80. The molecule has 0 saturated heterocycles. The zero-order chi connectivity index (χ0) is 24.0. The van der Waals surface area contributed by atoms with Gasteiger partial charge in [-0.05, 0) is 61.0 Å². The van der Waals surface area contributed by atoms with Crippen molar-refractivity contribution in [1.29, 1.82) is 0 Å². The van der Waals surface area contributed by atoms with Gasteiger partial charge in [0.05, 0.1) is 12.7 Å². The summed E-state index contributed by atoms with van der Waals surface area (Å²) in [6, 6.07) is 9.28. The van der Waals surface area contributed by atoms with Gasteiger partial charge in [-0.3, -0.25) is 9.59 Å². The lowest BCUT2D eigenvalue weighted by molar-refractivity contribution is -0.144. The van der Waals surface area contributed by atoms with Gasteiger partial charge in [-0.2, -0.15) is 0 Å². The van der Waals surface area contributed by atoms with Gasteiger partial charge in [0.15, 0.2) is 6.61 Å². The minimum Gasteiger partial charge on any atom is -0.484 e. The Morgan fingerprint density at radius 3 is 2.61 bits per heavy atom. The van der Waals surface area contributed by atoms with Crippen LogP contribution in [0.1, 0.15) is 46.5 Å². The molecular weight excluding hydrogens is 420 g/mol. The van der Waals surface area contributed by atoms with E-state index in [1.165, 1.54) is 0 Å². The number of carbonyl (C=O) groups excluding carboxylic acids is 2. The summed E-state index contributed by atoms with van der Waals surface area (Å²) in [6.45, 7) is 7.21. The molecule has 0 unspecified atom stereocenters. The molecule has 1 aromatic carbocycles. The van der Waals surface area contributed by atoms with Crippen molar-refractivity contribution >= 4 is 11.8 Å². The van der Waals surface area contributed by atoms with Crippen LogP contribution in [0.5, 0.6) is 5.75 Å². The van der Waals surface area contributed by atoms with E-state index in [2.05, 4.69) is 24.5 Å². The van der Waals surface area contributed by atoms with Crippen LogP contribution in [-0.4, -0.2) is 55.9 Å². The summed E-state index contributed by atoms with van der Waals surface area (Å²) in [7, 11) is 1.61. The maximum absolute atomic E-state index is 12.6. The maximum atomic E-state index is 12.6. The Kier molecular flexibility index (Phi) is 8.76. The van der Waals surface area contributed by atoms with E-state index < -0.39 is 6.10 Å². The van der Waals surface area contributed by atoms with Crippen molar-refractivity contribution in [2.24, 2.45) is 29.1 Å². The van der Waals surface area contributed by atoms with Crippen molar-refractivity contribution < 1.29 is 24.2 Å². The number of para-hydroxylation sites is 1. The van der Waals surface area contributed by atoms with Crippen LogP contribution in [-0.2, 0) is 14.3 Å². The molecule has 2 amide bonds. The summed E-state index contributed by atoms with van der Waals surface area (Å²) in [5.41, 5.74) is 0.0172. The lowest BCUT2D eigenvalue weighted by Crippen LogP contribution is -2.59. The number of rotatable bonds is 9. The lowest BCUT2D eigenvalue weighted by Gasteiger charge is -2.56. The van der Waals surface area contributed by atoms with Gasteiger partial charge in [-0.25, -0.2) is 0 Å². The molecule has 2 fully saturated rings. The maximum Gasteiger partial charge on any atom is 0.258 e. The van der Waals surface area contributed by atoms with Crippen LogP contribution in [0.3, 0.4) is 0 Å². The summed E-state index contributed by atoms with van der Waals surface area (Å²) in [6.07, 6.45) is 3.07. The number of fused-ring (bicyclic) bond motifs is 1. The fourth-order valence-electron chi connectivity index (χ4n) is 6.04. The smallest absolute Gasteiger partial charge is 0.258 e. The number of aliphatic hydroxyl groups is 1. The first-order valence-corrected chi connectivity index (χ1v) is 12.2. The standard InChI is InChI=1S/C26H40N2O5/c1-17(25(31)27-14-15-32-4)20-10-12-26(3)13-11-21(18(2)23(26)24(20)30)28-22(29)16-33-19-8-6-5-7-9-19/h5-9,17-18,20-21,23-24,30H,10-16H2,1-4H3,(H,27,31)(H,28,29)/t17-,18+,20+,21-,23+,24-,26-/m0/s1. The van der Waals surface area contributed by atoms with Crippen molar-refractivity contribution in [2.75, 3.05) is 26.9 Å². The zero-order valence-corrected chi connectivity index (χ0v) is 20.4. The number of methoxy groups -OCH3 is 1. The highest BCUT2D eigenvalue weighted by Crippen LogP contribution is 2.55. The van der Waals surface area contributed by atoms with Gasteiger partial charge in [0, 0.05) is 25.6 Å². The Balaban J connectivity index is 1.61. The molecule has 0 aromatic heterocycles. The first-order chi connectivity index (χ1) is 15.8. The van der Waals surface area contributed by atoms with Crippen LogP contribution in [0.4, 0.5) is 0 Å². The Labute approximate surface area is 197 Å². The largest absolute Gasteiger partial charge is 0.484 e. The fourth-order valence-corrected chi connectivity index (χ4v) is 6.04. The second-order valence-corrected chi connectivity index (χ2v) is 10.1. The normalized spacial score (nSPS) is 32.3. The van der Waals surface area contributed by atoms with Crippen molar-refractivity contribution in [3.05, 3.63) is 30.3 Å². The quantitative estimate of drug-likeness (QED) is 0.493. The Bertz CT molecular complexity index is 788. The van der Waals surface area contributed by atoms with Crippen LogP contribution in [0.25, 0.3) is 0 Å². The first-order valence-electron chi connectivity index (χ1n) is 12.2. The van der Waals surface area contributed by atoms with Crippen LogP contribution in [0, 0.1) is 29.1 Å². The minimum atomic E-state index is -0.581. The third kappa shape index (κ3) is 6.07. The summed E-state index contributed by atoms with van der Waals surface area (Å²) >= 11 is 0. The second-order valence-electron chi connectivity index (χ2n) is 10.1. The van der Waals surface area contributed by atoms with E-state index in [4.69, 9.17) is 9.47 Å². The lowest BCUT2D eigenvalue weighted by atomic mass is 9.51. The van der Waals surface area contributed by atoms with Gasteiger partial charge >= 0.3 is 0 Å². The van der Waals surface area contributed by atoms with Crippen molar-refractivity contribution in [3.8, 4) is 5.75 Å². The van der Waals surface area contributed by atoms with E-state index in [-0.39, 0.29) is 53.5 Å². The molecule has 0 aliphatic heterocycles. The van der Waals surface area contributed by atoms with E-state index in [0.29, 0.717) is 18.9 Å². The molecule has 0 heterocycles. The summed E-state index contributed by atoms with van der Waals surface area (Å²) in [5, 5.41) is 17.5. The molecule has 7 atom stereocenters. The van der Waals surface area contributed by atoms with Crippen LogP contribution in [0.15, 0.2) is 30.3 Å². The number of hydrogen-bond donors (Lipinski definition) is 3. The van der Waals surface area contributed by atoms with E-state index >= 15 is 0 Å². The predicted molar refractivity (Wildman–Crippen MR) is 127 cm³/mol. The molecule has 2 aliphatic rings. The average molecular weight is 461 g/mol. The Hall–Kier alpha value is -2.12. The number of hydrogen-bond acceptors (Lipinski definition) is 5. The molecule has 184 valence electrons. The highest BCUT2D eigenvalue weighted by atomic mass is 16.5. The van der Waals surface area contributed by atoms with E-state index in [1.807, 2.05) is 37.3 Å². The number of carbonyl (C=O) groups is 2. The van der Waals surface area contributed by atoms with E-state index in [1.54, 1.807) is 7.11 Å². The van der Waals surface area contributed by atoms with Gasteiger partial charge in [0.2, 0.25) is 5.91 Å². The molecule has 0 spiro atoms. The zero-order valence-electron chi connectivity index (χ0n) is 20.4. The molecule has 3 rings (SSSR count). The molecule has 33 heavy (non-hydrogen) atoms. The molecule has 2 saturated carbocycles. The molecule has 0 bridgehead atoms. The van der Waals surface area contributed by atoms with Crippen LogP contribution >= 0.6 is 0 Å². The third-order valence-corrected chi connectivity index (χ3v) is 8.01. The van der Waals surface area contributed by atoms with Gasteiger partial charge in [-0.1, -0.05) is 39.0 Å². The van der Waals surface area contributed by atoms with Crippen LogP contribution < -0.4 is 15.4 Å². The second kappa shape index (κ2) is 11.3. The third-order valence-electron chi connectivity index (χ3n) is 8.01. The molecule has 3 N–H and O–H groups in total. The molecule has 2 aliphatic carbocycles. The first kappa shape index (κ1) is 25.5. The number of aliphatic hydroxyl groups excluding tert-OH is 1. The summed E-state index contributed by atoms with van der Waals surface area (Å²) in [5.74, 6) is 0.246. The number of benzene rings is 1. The molecule has 1 aromatic rings. The van der Waals surface area contributed by atoms with Gasteiger partial charge in [0.1, 0.15) is 5.75 Å². The fraction of sp³-hybridized carbons (Fsp3) is 0.692. The number of amides is 2. The van der Waals surface area contributed by atoms with Crippen molar-refractivity contribution in [1.82, 2.24) is 10.6 Å².